The number of amides is 1. The Morgan fingerprint density at radius 1 is 1.28 bits per heavy atom. The largest absolute Gasteiger partial charge is 0.507 e. The van der Waals surface area contributed by atoms with Gasteiger partial charge in [0.2, 0.25) is 0 Å². The minimum Gasteiger partial charge on any atom is -0.507 e. The summed E-state index contributed by atoms with van der Waals surface area (Å²) in [6.07, 6.45) is 0. The highest BCUT2D eigenvalue weighted by Gasteiger charge is 2.21. The molecule has 3 N–H and O–H groups in total. The number of piperazine rings is 1. The molecule has 0 aliphatic carbocycles. The quantitative estimate of drug-likeness (QED) is 0.513. The average molecular weight is 420 g/mol. The van der Waals surface area contributed by atoms with Crippen LogP contribution >= 0.6 is 11.6 Å². The molecule has 0 radical (unpaired) electrons. The van der Waals surface area contributed by atoms with Gasteiger partial charge in [0.05, 0.1) is 49.7 Å². The molecule has 154 valence electrons. The number of hydrazone groups is 1. The van der Waals surface area contributed by atoms with Gasteiger partial charge in [-0.1, -0.05) is 17.7 Å². The van der Waals surface area contributed by atoms with Gasteiger partial charge in [-0.3, -0.25) is 4.79 Å². The Hall–Kier alpha value is -2.64. The molecule has 0 atom stereocenters. The van der Waals surface area contributed by atoms with Crippen molar-refractivity contribution in [1.29, 1.82) is 0 Å². The molecule has 2 aromatic carbocycles. The van der Waals surface area contributed by atoms with Crippen LogP contribution in [0.2, 0.25) is 5.02 Å². The smallest absolute Gasteiger partial charge is 0.275 e. The van der Waals surface area contributed by atoms with Gasteiger partial charge in [-0.05, 0) is 44.2 Å². The zero-order chi connectivity index (χ0) is 21.0. The fourth-order valence-corrected chi connectivity index (χ4v) is 3.53. The molecule has 1 fully saturated rings. The number of hydrogen-bond acceptors (Lipinski definition) is 4. The maximum absolute atomic E-state index is 14.7. The number of carbonyl (C=O) groups excluding carboxylic acids is 1. The van der Waals surface area contributed by atoms with Crippen LogP contribution in [0.4, 0.5) is 10.1 Å². The van der Waals surface area contributed by atoms with Crippen LogP contribution in [0.3, 0.4) is 0 Å². The van der Waals surface area contributed by atoms with Crippen LogP contribution < -0.4 is 15.2 Å². The van der Waals surface area contributed by atoms with Crippen molar-refractivity contribution in [2.24, 2.45) is 5.10 Å². The van der Waals surface area contributed by atoms with E-state index in [-0.39, 0.29) is 17.1 Å². The standard InChI is InChI=1S/C21H24ClFN4O2/c1-3-26-8-10-27(11-9-26)19-6-4-15(12-18(19)23)14(2)24-25-21(29)17-13-16(22)5-7-20(17)28/h4-7,12-13,28H,3,8-11H2,1-2H3,(H,25,29)/p+1/b24-14-. The van der Waals surface area contributed by atoms with E-state index in [4.69, 9.17) is 11.6 Å². The van der Waals surface area contributed by atoms with Gasteiger partial charge in [-0.2, -0.15) is 5.10 Å². The Morgan fingerprint density at radius 3 is 2.66 bits per heavy atom. The fraction of sp³-hybridized carbons (Fsp3) is 0.333. The molecule has 1 aliphatic rings. The predicted octanol–water partition coefficient (Wildman–Crippen LogP) is 2.06. The summed E-state index contributed by atoms with van der Waals surface area (Å²) in [6.45, 7) is 8.58. The number of hydrogen-bond donors (Lipinski definition) is 3. The third-order valence-corrected chi connectivity index (χ3v) is 5.44. The highest BCUT2D eigenvalue weighted by Crippen LogP contribution is 2.22. The van der Waals surface area contributed by atoms with E-state index in [2.05, 4.69) is 22.4 Å². The monoisotopic (exact) mass is 419 g/mol. The van der Waals surface area contributed by atoms with Gasteiger partial charge in [0, 0.05) is 10.6 Å². The minimum atomic E-state index is -0.599. The predicted molar refractivity (Wildman–Crippen MR) is 113 cm³/mol. The van der Waals surface area contributed by atoms with Crippen LogP contribution in [0.5, 0.6) is 5.75 Å². The van der Waals surface area contributed by atoms with Crippen molar-refractivity contribution in [1.82, 2.24) is 5.43 Å². The number of rotatable bonds is 5. The van der Waals surface area contributed by atoms with E-state index in [1.54, 1.807) is 19.1 Å². The van der Waals surface area contributed by atoms with Gasteiger partial charge >= 0.3 is 0 Å². The molecule has 8 heteroatoms. The first-order valence-corrected chi connectivity index (χ1v) is 9.98. The Morgan fingerprint density at radius 2 is 2.00 bits per heavy atom. The SMILES string of the molecule is CC[NH+]1CCN(c2ccc(/C(C)=N\NC(=O)c3cc(Cl)ccc3O)cc2F)CC1. The number of quaternary nitrogens is 1. The molecule has 0 bridgehead atoms. The third-order valence-electron chi connectivity index (χ3n) is 5.21. The lowest BCUT2D eigenvalue weighted by Crippen LogP contribution is -3.14. The summed E-state index contributed by atoms with van der Waals surface area (Å²) in [6, 6.07) is 9.14. The van der Waals surface area contributed by atoms with E-state index in [0.29, 0.717) is 22.0 Å². The second-order valence-corrected chi connectivity index (χ2v) is 7.49. The Kier molecular flexibility index (Phi) is 6.71. The number of phenolic OH excluding ortho intramolecular Hbond substituents is 1. The lowest BCUT2D eigenvalue weighted by molar-refractivity contribution is -0.898. The normalized spacial score (nSPS) is 15.4. The molecule has 3 rings (SSSR count). The highest BCUT2D eigenvalue weighted by molar-refractivity contribution is 6.31. The average Bonchev–Trinajstić information content (AvgIpc) is 2.73. The maximum Gasteiger partial charge on any atom is 0.275 e. The van der Waals surface area contributed by atoms with E-state index < -0.39 is 5.91 Å². The molecule has 29 heavy (non-hydrogen) atoms. The number of aromatic hydroxyl groups is 1. The highest BCUT2D eigenvalue weighted by atomic mass is 35.5. The van der Waals surface area contributed by atoms with Crippen molar-refractivity contribution >= 4 is 28.9 Å². The lowest BCUT2D eigenvalue weighted by Gasteiger charge is -2.33. The third kappa shape index (κ3) is 5.05. The molecular formula is C21H25ClFN4O2+. The molecule has 0 spiro atoms. The van der Waals surface area contributed by atoms with Crippen LogP contribution in [-0.4, -0.2) is 49.4 Å². The summed E-state index contributed by atoms with van der Waals surface area (Å²) in [5.41, 5.74) is 3.99. The van der Waals surface area contributed by atoms with E-state index in [1.807, 2.05) is 0 Å². The number of benzene rings is 2. The summed E-state index contributed by atoms with van der Waals surface area (Å²) < 4.78 is 14.7. The molecule has 1 saturated heterocycles. The first kappa shape index (κ1) is 21.1. The van der Waals surface area contributed by atoms with Crippen LogP contribution in [-0.2, 0) is 0 Å². The first-order valence-electron chi connectivity index (χ1n) is 9.60. The van der Waals surface area contributed by atoms with E-state index in [0.717, 1.165) is 32.7 Å². The van der Waals surface area contributed by atoms with Crippen LogP contribution in [0, 0.1) is 5.82 Å². The summed E-state index contributed by atoms with van der Waals surface area (Å²) in [4.78, 5) is 15.8. The number of anilines is 1. The van der Waals surface area contributed by atoms with Crippen molar-refractivity contribution in [3.05, 3.63) is 58.4 Å². The number of phenols is 1. The summed E-state index contributed by atoms with van der Waals surface area (Å²) >= 11 is 5.86. The number of carbonyl (C=O) groups is 1. The van der Waals surface area contributed by atoms with E-state index in [1.165, 1.54) is 29.2 Å². The van der Waals surface area contributed by atoms with Gasteiger partial charge in [-0.25, -0.2) is 9.82 Å². The van der Waals surface area contributed by atoms with Gasteiger partial charge in [0.25, 0.3) is 5.91 Å². The van der Waals surface area contributed by atoms with E-state index >= 15 is 0 Å². The zero-order valence-corrected chi connectivity index (χ0v) is 17.3. The maximum atomic E-state index is 14.7. The zero-order valence-electron chi connectivity index (χ0n) is 16.5. The fourth-order valence-electron chi connectivity index (χ4n) is 3.36. The number of nitrogens with one attached hydrogen (secondary N) is 2. The molecule has 1 amide bonds. The van der Waals surface area contributed by atoms with E-state index in [9.17, 15) is 14.3 Å². The Bertz CT molecular complexity index is 927. The Labute approximate surface area is 174 Å². The van der Waals surface area contributed by atoms with Crippen LogP contribution in [0.25, 0.3) is 0 Å². The van der Waals surface area contributed by atoms with Crippen LogP contribution in [0.15, 0.2) is 41.5 Å². The number of halogens is 2. The van der Waals surface area contributed by atoms with Gasteiger partial charge in [-0.15, -0.1) is 0 Å². The molecule has 0 aromatic heterocycles. The van der Waals surface area contributed by atoms with Crippen molar-refractivity contribution in [2.75, 3.05) is 37.6 Å². The van der Waals surface area contributed by atoms with Crippen molar-refractivity contribution in [3.8, 4) is 5.75 Å². The van der Waals surface area contributed by atoms with Crippen LogP contribution in [0.1, 0.15) is 29.8 Å². The topological polar surface area (TPSA) is 69.4 Å². The molecule has 0 unspecified atom stereocenters. The summed E-state index contributed by atoms with van der Waals surface area (Å²) in [7, 11) is 0. The molecular weight excluding hydrogens is 395 g/mol. The number of nitrogens with zero attached hydrogens (tertiary/aromatic N) is 2. The van der Waals surface area contributed by atoms with Gasteiger partial charge < -0.3 is 14.9 Å². The summed E-state index contributed by atoms with van der Waals surface area (Å²) in [5, 5.41) is 14.1. The number of likely N-dealkylation sites (N-methyl/N-ethyl adjacent to an activating group) is 1. The second-order valence-electron chi connectivity index (χ2n) is 7.06. The van der Waals surface area contributed by atoms with Gasteiger partial charge in [0.15, 0.2) is 0 Å². The van der Waals surface area contributed by atoms with Gasteiger partial charge in [0.1, 0.15) is 11.6 Å². The molecule has 2 aromatic rings. The van der Waals surface area contributed by atoms with Crippen molar-refractivity contribution in [2.45, 2.75) is 13.8 Å². The second kappa shape index (κ2) is 9.24. The van der Waals surface area contributed by atoms with Crippen molar-refractivity contribution < 1.29 is 19.2 Å². The lowest BCUT2D eigenvalue weighted by atomic mass is 10.1. The molecule has 1 aliphatic heterocycles. The minimum absolute atomic E-state index is 0.0175. The molecule has 1 heterocycles. The Balaban J connectivity index is 1.69. The molecule has 0 saturated carbocycles. The van der Waals surface area contributed by atoms with Crippen molar-refractivity contribution in [3.63, 3.8) is 0 Å². The molecule has 6 nitrogen and oxygen atoms in total. The first-order chi connectivity index (χ1) is 13.9. The summed E-state index contributed by atoms with van der Waals surface area (Å²) in [5.74, 6) is -1.10.